The number of benzene rings is 1. The first-order chi connectivity index (χ1) is 10.0. The number of halogens is 1. The summed E-state index contributed by atoms with van der Waals surface area (Å²) in [4.78, 5) is 11.9. The fourth-order valence-corrected chi connectivity index (χ4v) is 2.19. The van der Waals surface area contributed by atoms with Crippen molar-refractivity contribution in [3.05, 3.63) is 17.2 Å². The molecule has 0 saturated carbocycles. The van der Waals surface area contributed by atoms with Gasteiger partial charge in [-0.05, 0) is 18.9 Å². The van der Waals surface area contributed by atoms with E-state index in [1.165, 1.54) is 7.11 Å². The van der Waals surface area contributed by atoms with Crippen LogP contribution < -0.4 is 20.1 Å². The Balaban J connectivity index is 2.70. The maximum absolute atomic E-state index is 11.9. The molecule has 118 valence electrons. The molecule has 21 heavy (non-hydrogen) atoms. The fraction of sp³-hybridized carbons (Fsp3) is 0.533. The van der Waals surface area contributed by atoms with Crippen LogP contribution in [0.1, 0.15) is 26.7 Å². The maximum Gasteiger partial charge on any atom is 0.239 e. The van der Waals surface area contributed by atoms with Crippen LogP contribution in [0.3, 0.4) is 0 Å². The average Bonchev–Trinajstić information content (AvgIpc) is 2.50. The SMILES string of the molecule is CCC(CC)NC(=O)CNc1cc(Cl)c(OC)cc1OC. The van der Waals surface area contributed by atoms with Crippen molar-refractivity contribution in [2.24, 2.45) is 0 Å². The molecule has 6 heteroatoms. The minimum absolute atomic E-state index is 0.0577. The standard InChI is InChI=1S/C15H23ClN2O3/c1-5-10(6-2)18-15(19)9-17-12-7-11(16)13(20-3)8-14(12)21-4/h7-8,10,17H,5-6,9H2,1-4H3,(H,18,19). The second kappa shape index (κ2) is 8.62. The first-order valence-corrected chi connectivity index (χ1v) is 7.38. The molecule has 0 aliphatic carbocycles. The molecule has 0 unspecified atom stereocenters. The van der Waals surface area contributed by atoms with Crippen molar-refractivity contribution in [2.45, 2.75) is 32.7 Å². The molecule has 0 aromatic heterocycles. The lowest BCUT2D eigenvalue weighted by Crippen LogP contribution is -2.37. The maximum atomic E-state index is 11.9. The molecule has 5 nitrogen and oxygen atoms in total. The van der Waals surface area contributed by atoms with Crippen molar-refractivity contribution < 1.29 is 14.3 Å². The monoisotopic (exact) mass is 314 g/mol. The summed E-state index contributed by atoms with van der Waals surface area (Å²) < 4.78 is 10.4. The third kappa shape index (κ3) is 5.01. The highest BCUT2D eigenvalue weighted by atomic mass is 35.5. The molecule has 0 aliphatic heterocycles. The van der Waals surface area contributed by atoms with Gasteiger partial charge in [-0.3, -0.25) is 4.79 Å². The Labute approximate surface area is 131 Å². The van der Waals surface area contributed by atoms with Crippen LogP contribution >= 0.6 is 11.6 Å². The molecular weight excluding hydrogens is 292 g/mol. The Kier molecular flexibility index (Phi) is 7.15. The van der Waals surface area contributed by atoms with Crippen LogP contribution in [0, 0.1) is 0 Å². The van der Waals surface area contributed by atoms with Gasteiger partial charge in [0.1, 0.15) is 11.5 Å². The summed E-state index contributed by atoms with van der Waals surface area (Å²) in [6.45, 7) is 4.26. The first kappa shape index (κ1) is 17.4. The van der Waals surface area contributed by atoms with Crippen LogP contribution in [0.2, 0.25) is 5.02 Å². The van der Waals surface area contributed by atoms with E-state index in [4.69, 9.17) is 21.1 Å². The lowest BCUT2D eigenvalue weighted by atomic mass is 10.2. The van der Waals surface area contributed by atoms with Crippen LogP contribution in [-0.2, 0) is 4.79 Å². The molecule has 0 fully saturated rings. The van der Waals surface area contributed by atoms with Gasteiger partial charge in [-0.2, -0.15) is 0 Å². The Morgan fingerprint density at radius 3 is 2.33 bits per heavy atom. The van der Waals surface area contributed by atoms with Crippen molar-refractivity contribution in [3.63, 3.8) is 0 Å². The zero-order valence-electron chi connectivity index (χ0n) is 13.0. The summed E-state index contributed by atoms with van der Waals surface area (Å²) in [6, 6.07) is 3.58. The number of carbonyl (C=O) groups excluding carboxylic acids is 1. The van der Waals surface area contributed by atoms with Gasteiger partial charge in [0, 0.05) is 12.1 Å². The summed E-state index contributed by atoms with van der Waals surface area (Å²) >= 11 is 6.08. The Morgan fingerprint density at radius 1 is 1.19 bits per heavy atom. The van der Waals surface area contributed by atoms with E-state index in [-0.39, 0.29) is 18.5 Å². The van der Waals surface area contributed by atoms with Crippen molar-refractivity contribution in [2.75, 3.05) is 26.1 Å². The van der Waals surface area contributed by atoms with E-state index < -0.39 is 0 Å². The molecule has 0 aliphatic rings. The number of amides is 1. The number of ether oxygens (including phenoxy) is 2. The summed E-state index contributed by atoms with van der Waals surface area (Å²) in [5.41, 5.74) is 0.656. The molecule has 0 heterocycles. The van der Waals surface area contributed by atoms with E-state index in [2.05, 4.69) is 10.6 Å². The predicted molar refractivity (Wildman–Crippen MR) is 85.6 cm³/mol. The van der Waals surface area contributed by atoms with Crippen LogP contribution in [-0.4, -0.2) is 32.7 Å². The second-order valence-electron chi connectivity index (χ2n) is 4.62. The van der Waals surface area contributed by atoms with Gasteiger partial charge in [-0.25, -0.2) is 0 Å². The normalized spacial score (nSPS) is 10.4. The molecule has 0 radical (unpaired) electrons. The molecule has 0 atom stereocenters. The highest BCUT2D eigenvalue weighted by molar-refractivity contribution is 6.32. The molecule has 1 aromatic rings. The van der Waals surface area contributed by atoms with Gasteiger partial charge >= 0.3 is 0 Å². The van der Waals surface area contributed by atoms with Gasteiger partial charge in [-0.15, -0.1) is 0 Å². The van der Waals surface area contributed by atoms with Gasteiger partial charge in [0.25, 0.3) is 0 Å². The number of carbonyl (C=O) groups is 1. The van der Waals surface area contributed by atoms with Crippen molar-refractivity contribution in [1.82, 2.24) is 5.32 Å². The number of hydrogen-bond acceptors (Lipinski definition) is 4. The van der Waals surface area contributed by atoms with Crippen LogP contribution in [0.5, 0.6) is 11.5 Å². The van der Waals surface area contributed by atoms with Crippen LogP contribution in [0.25, 0.3) is 0 Å². The largest absolute Gasteiger partial charge is 0.495 e. The van der Waals surface area contributed by atoms with E-state index in [0.717, 1.165) is 12.8 Å². The number of rotatable bonds is 8. The highest BCUT2D eigenvalue weighted by Gasteiger charge is 2.12. The molecule has 0 bridgehead atoms. The van der Waals surface area contributed by atoms with Gasteiger partial charge in [0.05, 0.1) is 31.5 Å². The van der Waals surface area contributed by atoms with Crippen LogP contribution in [0.4, 0.5) is 5.69 Å². The van der Waals surface area contributed by atoms with E-state index in [9.17, 15) is 4.79 Å². The van der Waals surface area contributed by atoms with Gasteiger partial charge in [0.15, 0.2) is 0 Å². The van der Waals surface area contributed by atoms with Gasteiger partial charge < -0.3 is 20.1 Å². The first-order valence-electron chi connectivity index (χ1n) is 7.00. The molecular formula is C15H23ClN2O3. The number of methoxy groups -OCH3 is 2. The lowest BCUT2D eigenvalue weighted by molar-refractivity contribution is -0.120. The Bertz CT molecular complexity index is 476. The molecule has 0 spiro atoms. The van der Waals surface area contributed by atoms with E-state index in [0.29, 0.717) is 22.2 Å². The zero-order valence-corrected chi connectivity index (χ0v) is 13.7. The highest BCUT2D eigenvalue weighted by Crippen LogP contribution is 2.35. The third-order valence-corrected chi connectivity index (χ3v) is 3.56. The zero-order chi connectivity index (χ0) is 15.8. The van der Waals surface area contributed by atoms with Gasteiger partial charge in [0.2, 0.25) is 5.91 Å². The lowest BCUT2D eigenvalue weighted by Gasteiger charge is -2.17. The Hall–Kier alpha value is -1.62. The quantitative estimate of drug-likeness (QED) is 0.774. The molecule has 2 N–H and O–H groups in total. The van der Waals surface area contributed by atoms with Gasteiger partial charge in [-0.1, -0.05) is 25.4 Å². The minimum Gasteiger partial charge on any atom is -0.495 e. The van der Waals surface area contributed by atoms with E-state index in [1.807, 2.05) is 13.8 Å². The fourth-order valence-electron chi connectivity index (χ4n) is 1.95. The Morgan fingerprint density at radius 2 is 1.81 bits per heavy atom. The van der Waals surface area contributed by atoms with E-state index >= 15 is 0 Å². The summed E-state index contributed by atoms with van der Waals surface area (Å²) in [5, 5.41) is 6.45. The number of hydrogen-bond donors (Lipinski definition) is 2. The second-order valence-corrected chi connectivity index (χ2v) is 5.03. The smallest absolute Gasteiger partial charge is 0.239 e. The van der Waals surface area contributed by atoms with Crippen molar-refractivity contribution in [3.8, 4) is 11.5 Å². The average molecular weight is 315 g/mol. The summed E-state index contributed by atoms with van der Waals surface area (Å²) in [6.07, 6.45) is 1.83. The molecule has 0 saturated heterocycles. The third-order valence-electron chi connectivity index (χ3n) is 3.26. The minimum atomic E-state index is -0.0577. The molecule has 1 aromatic carbocycles. The number of nitrogens with one attached hydrogen (secondary N) is 2. The molecule has 1 rings (SSSR count). The van der Waals surface area contributed by atoms with Crippen molar-refractivity contribution >= 4 is 23.2 Å². The summed E-state index contributed by atoms with van der Waals surface area (Å²) in [7, 11) is 3.09. The predicted octanol–water partition coefficient (Wildman–Crippen LogP) is 3.07. The topological polar surface area (TPSA) is 59.6 Å². The number of anilines is 1. The van der Waals surface area contributed by atoms with Crippen LogP contribution in [0.15, 0.2) is 12.1 Å². The van der Waals surface area contributed by atoms with Crippen molar-refractivity contribution in [1.29, 1.82) is 0 Å². The summed E-state index contributed by atoms with van der Waals surface area (Å²) in [5.74, 6) is 1.05. The van der Waals surface area contributed by atoms with E-state index in [1.54, 1.807) is 19.2 Å². The molecule has 1 amide bonds.